The Labute approximate surface area is 98.4 Å². The van der Waals surface area contributed by atoms with E-state index in [1.54, 1.807) is 0 Å². The first-order valence-electron chi connectivity index (χ1n) is 6.22. The highest BCUT2D eigenvalue weighted by Crippen LogP contribution is 2.29. The lowest BCUT2D eigenvalue weighted by atomic mass is 10.1. The molecule has 0 amide bonds. The zero-order chi connectivity index (χ0) is 11.4. The predicted molar refractivity (Wildman–Crippen MR) is 68.3 cm³/mol. The van der Waals surface area contributed by atoms with Crippen molar-refractivity contribution in [3.05, 3.63) is 35.9 Å². The lowest BCUT2D eigenvalue weighted by Crippen LogP contribution is -2.37. The average molecular weight is 218 g/mol. The van der Waals surface area contributed by atoms with Gasteiger partial charge < -0.3 is 10.6 Å². The Hall–Kier alpha value is -0.860. The summed E-state index contributed by atoms with van der Waals surface area (Å²) >= 11 is 0. The minimum atomic E-state index is 0.256. The fraction of sp³-hybridized carbons (Fsp3) is 0.571. The minimum absolute atomic E-state index is 0.256. The van der Waals surface area contributed by atoms with Crippen LogP contribution in [0.5, 0.6) is 0 Å². The van der Waals surface area contributed by atoms with Crippen molar-refractivity contribution in [2.45, 2.75) is 25.3 Å². The van der Waals surface area contributed by atoms with E-state index in [0.29, 0.717) is 0 Å². The molecule has 0 aromatic heterocycles. The summed E-state index contributed by atoms with van der Waals surface area (Å²) < 4.78 is 0. The van der Waals surface area contributed by atoms with E-state index in [-0.39, 0.29) is 6.04 Å². The Bertz CT molecular complexity index is 306. The molecule has 0 aliphatic heterocycles. The molecule has 0 radical (unpaired) electrons. The normalized spacial score (nSPS) is 17.7. The van der Waals surface area contributed by atoms with Gasteiger partial charge in [0.25, 0.3) is 0 Å². The standard InChI is InChI=1S/C14H22N2/c1-16(10-13-7-8-13)11-14(15)9-12-5-3-2-4-6-12/h2-6,13-14H,7-11,15H2,1H3. The maximum atomic E-state index is 6.16. The van der Waals surface area contributed by atoms with Gasteiger partial charge in [-0.15, -0.1) is 0 Å². The molecular weight excluding hydrogens is 196 g/mol. The molecule has 16 heavy (non-hydrogen) atoms. The molecule has 0 bridgehead atoms. The largest absolute Gasteiger partial charge is 0.326 e. The highest BCUT2D eigenvalue weighted by atomic mass is 15.1. The van der Waals surface area contributed by atoms with E-state index in [9.17, 15) is 0 Å². The van der Waals surface area contributed by atoms with Gasteiger partial charge in [0, 0.05) is 19.1 Å². The molecule has 1 aromatic rings. The van der Waals surface area contributed by atoms with Gasteiger partial charge in [-0.3, -0.25) is 0 Å². The van der Waals surface area contributed by atoms with Gasteiger partial charge in [0.05, 0.1) is 0 Å². The molecule has 1 atom stereocenters. The van der Waals surface area contributed by atoms with Crippen molar-refractivity contribution in [3.63, 3.8) is 0 Å². The van der Waals surface area contributed by atoms with Gasteiger partial charge in [-0.1, -0.05) is 30.3 Å². The number of rotatable bonds is 6. The van der Waals surface area contributed by atoms with Crippen LogP contribution in [-0.4, -0.2) is 31.1 Å². The molecule has 1 saturated carbocycles. The third kappa shape index (κ3) is 3.95. The van der Waals surface area contributed by atoms with Crippen LogP contribution in [0, 0.1) is 5.92 Å². The Balaban J connectivity index is 1.72. The second-order valence-electron chi connectivity index (χ2n) is 5.11. The lowest BCUT2D eigenvalue weighted by Gasteiger charge is -2.21. The van der Waals surface area contributed by atoms with E-state index in [4.69, 9.17) is 5.73 Å². The van der Waals surface area contributed by atoms with Gasteiger partial charge in [-0.2, -0.15) is 0 Å². The zero-order valence-corrected chi connectivity index (χ0v) is 10.1. The minimum Gasteiger partial charge on any atom is -0.326 e. The van der Waals surface area contributed by atoms with Crippen LogP contribution in [0.4, 0.5) is 0 Å². The fourth-order valence-electron chi connectivity index (χ4n) is 2.20. The zero-order valence-electron chi connectivity index (χ0n) is 10.1. The Morgan fingerprint density at radius 3 is 2.62 bits per heavy atom. The average Bonchev–Trinajstić information content (AvgIpc) is 3.02. The molecule has 1 unspecified atom stereocenters. The lowest BCUT2D eigenvalue weighted by molar-refractivity contribution is 0.298. The monoisotopic (exact) mass is 218 g/mol. The quantitative estimate of drug-likeness (QED) is 0.790. The van der Waals surface area contributed by atoms with Gasteiger partial charge >= 0.3 is 0 Å². The summed E-state index contributed by atoms with van der Waals surface area (Å²) in [4.78, 5) is 2.38. The van der Waals surface area contributed by atoms with E-state index in [2.05, 4.69) is 36.2 Å². The van der Waals surface area contributed by atoms with Crippen LogP contribution in [0.25, 0.3) is 0 Å². The smallest absolute Gasteiger partial charge is 0.0208 e. The molecule has 2 rings (SSSR count). The van der Waals surface area contributed by atoms with Gasteiger partial charge in [0.1, 0.15) is 0 Å². The van der Waals surface area contributed by atoms with Gasteiger partial charge in [0.15, 0.2) is 0 Å². The highest BCUT2D eigenvalue weighted by molar-refractivity contribution is 5.15. The maximum Gasteiger partial charge on any atom is 0.0208 e. The topological polar surface area (TPSA) is 29.3 Å². The molecule has 0 heterocycles. The number of likely N-dealkylation sites (N-methyl/N-ethyl adjacent to an activating group) is 1. The third-order valence-corrected chi connectivity index (χ3v) is 3.15. The van der Waals surface area contributed by atoms with Crippen molar-refractivity contribution in [1.29, 1.82) is 0 Å². The van der Waals surface area contributed by atoms with Crippen molar-refractivity contribution in [1.82, 2.24) is 4.90 Å². The van der Waals surface area contributed by atoms with E-state index in [0.717, 1.165) is 18.9 Å². The summed E-state index contributed by atoms with van der Waals surface area (Å²) in [6, 6.07) is 10.8. The molecule has 1 aromatic carbocycles. The van der Waals surface area contributed by atoms with Crippen molar-refractivity contribution < 1.29 is 0 Å². The number of hydrogen-bond acceptors (Lipinski definition) is 2. The van der Waals surface area contributed by atoms with E-state index in [1.807, 2.05) is 6.07 Å². The maximum absolute atomic E-state index is 6.16. The fourth-order valence-corrected chi connectivity index (χ4v) is 2.20. The number of nitrogens with two attached hydrogens (primary N) is 1. The number of nitrogens with zero attached hydrogens (tertiary/aromatic N) is 1. The van der Waals surface area contributed by atoms with Crippen LogP contribution >= 0.6 is 0 Å². The first-order chi connectivity index (χ1) is 7.74. The molecule has 0 saturated heterocycles. The SMILES string of the molecule is CN(CC(N)Cc1ccccc1)CC1CC1. The van der Waals surface area contributed by atoms with Crippen LogP contribution in [0.15, 0.2) is 30.3 Å². The van der Waals surface area contributed by atoms with Crippen molar-refractivity contribution in [3.8, 4) is 0 Å². The summed E-state index contributed by atoms with van der Waals surface area (Å²) in [5, 5.41) is 0. The Kier molecular flexibility index (Phi) is 3.97. The summed E-state index contributed by atoms with van der Waals surface area (Å²) in [6.45, 7) is 2.23. The summed E-state index contributed by atoms with van der Waals surface area (Å²) in [7, 11) is 2.18. The number of hydrogen-bond donors (Lipinski definition) is 1. The van der Waals surface area contributed by atoms with Crippen LogP contribution in [0.3, 0.4) is 0 Å². The highest BCUT2D eigenvalue weighted by Gasteiger charge is 2.23. The van der Waals surface area contributed by atoms with Crippen LogP contribution in [0.1, 0.15) is 18.4 Å². The molecule has 2 N–H and O–H groups in total. The van der Waals surface area contributed by atoms with Gasteiger partial charge in [0.2, 0.25) is 0 Å². The van der Waals surface area contributed by atoms with Crippen LogP contribution < -0.4 is 5.73 Å². The molecule has 1 aliphatic rings. The summed E-state index contributed by atoms with van der Waals surface area (Å²) in [5.41, 5.74) is 7.50. The molecule has 0 spiro atoms. The summed E-state index contributed by atoms with van der Waals surface area (Å²) in [6.07, 6.45) is 3.81. The molecule has 1 fully saturated rings. The molecule has 88 valence electrons. The van der Waals surface area contributed by atoms with E-state index < -0.39 is 0 Å². The van der Waals surface area contributed by atoms with Crippen molar-refractivity contribution in [2.24, 2.45) is 11.7 Å². The van der Waals surface area contributed by atoms with E-state index >= 15 is 0 Å². The molecular formula is C14H22N2. The van der Waals surface area contributed by atoms with E-state index in [1.165, 1.54) is 24.9 Å². The summed E-state index contributed by atoms with van der Waals surface area (Å²) in [5.74, 6) is 0.953. The Morgan fingerprint density at radius 1 is 1.31 bits per heavy atom. The molecule has 2 nitrogen and oxygen atoms in total. The molecule has 2 heteroatoms. The van der Waals surface area contributed by atoms with Gasteiger partial charge in [-0.25, -0.2) is 0 Å². The third-order valence-electron chi connectivity index (χ3n) is 3.15. The Morgan fingerprint density at radius 2 is 2.00 bits per heavy atom. The van der Waals surface area contributed by atoms with Crippen LogP contribution in [-0.2, 0) is 6.42 Å². The van der Waals surface area contributed by atoms with Crippen molar-refractivity contribution in [2.75, 3.05) is 20.1 Å². The second-order valence-corrected chi connectivity index (χ2v) is 5.11. The molecule has 1 aliphatic carbocycles. The number of benzene rings is 1. The predicted octanol–water partition coefficient (Wildman–Crippen LogP) is 1.90. The first kappa shape index (κ1) is 11.6. The first-order valence-corrected chi connectivity index (χ1v) is 6.22. The second kappa shape index (κ2) is 5.46. The van der Waals surface area contributed by atoms with Gasteiger partial charge in [-0.05, 0) is 37.8 Å². The van der Waals surface area contributed by atoms with Crippen molar-refractivity contribution >= 4 is 0 Å². The van der Waals surface area contributed by atoms with Crippen LogP contribution in [0.2, 0.25) is 0 Å².